The lowest BCUT2D eigenvalue weighted by atomic mass is 9.99. The fourth-order valence-electron chi connectivity index (χ4n) is 2.85. The number of aryl methyl sites for hydroxylation is 2. The molecule has 1 nitrogen and oxygen atoms in total. The summed E-state index contributed by atoms with van der Waals surface area (Å²) in [5.41, 5.74) is 2.54. The highest BCUT2D eigenvalue weighted by molar-refractivity contribution is 5.36. The first-order valence-corrected chi connectivity index (χ1v) is 9.08. The van der Waals surface area contributed by atoms with Gasteiger partial charge in [0.05, 0.1) is 0 Å². The van der Waals surface area contributed by atoms with Gasteiger partial charge in [0.1, 0.15) is 5.75 Å². The number of aromatic hydroxyl groups is 1. The van der Waals surface area contributed by atoms with E-state index in [4.69, 9.17) is 0 Å². The Hall–Kier alpha value is -0.980. The van der Waals surface area contributed by atoms with E-state index in [1.54, 1.807) is 0 Å². The molecule has 1 aromatic carbocycles. The molecule has 1 rings (SSSR count). The molecule has 0 aromatic heterocycles. The lowest BCUT2D eigenvalue weighted by Gasteiger charge is -2.08. The Kier molecular flexibility index (Phi) is 10.0. The molecule has 1 aromatic rings. The fraction of sp³-hybridized carbons (Fsp3) is 0.700. The minimum Gasteiger partial charge on any atom is -0.508 e. The lowest BCUT2D eigenvalue weighted by molar-refractivity contribution is 0.466. The van der Waals surface area contributed by atoms with Crippen molar-refractivity contribution in [3.8, 4) is 5.75 Å². The summed E-state index contributed by atoms with van der Waals surface area (Å²) in [5, 5.41) is 9.93. The largest absolute Gasteiger partial charge is 0.508 e. The van der Waals surface area contributed by atoms with E-state index in [0.717, 1.165) is 18.4 Å². The predicted molar refractivity (Wildman–Crippen MR) is 93.0 cm³/mol. The van der Waals surface area contributed by atoms with E-state index >= 15 is 0 Å². The van der Waals surface area contributed by atoms with Crippen molar-refractivity contribution in [2.24, 2.45) is 0 Å². The van der Waals surface area contributed by atoms with Crippen molar-refractivity contribution in [3.05, 3.63) is 29.3 Å². The van der Waals surface area contributed by atoms with Crippen LogP contribution in [0.25, 0.3) is 0 Å². The third-order valence-electron chi connectivity index (χ3n) is 4.26. The van der Waals surface area contributed by atoms with E-state index in [9.17, 15) is 5.11 Å². The Labute approximate surface area is 131 Å². The number of rotatable bonds is 12. The molecule has 0 aliphatic heterocycles. The topological polar surface area (TPSA) is 20.2 Å². The maximum atomic E-state index is 9.93. The average Bonchev–Trinajstić information content (AvgIpc) is 2.49. The van der Waals surface area contributed by atoms with Gasteiger partial charge in [-0.15, -0.1) is 0 Å². The van der Waals surface area contributed by atoms with Gasteiger partial charge in [-0.05, 0) is 42.9 Å². The first kappa shape index (κ1) is 18.1. The van der Waals surface area contributed by atoms with E-state index in [0.29, 0.717) is 5.75 Å². The van der Waals surface area contributed by atoms with Crippen molar-refractivity contribution in [2.75, 3.05) is 0 Å². The smallest absolute Gasteiger partial charge is 0.118 e. The molecule has 1 N–H and O–H groups in total. The third-order valence-corrected chi connectivity index (χ3v) is 4.26. The van der Waals surface area contributed by atoms with Gasteiger partial charge in [-0.25, -0.2) is 0 Å². The molecule has 0 spiro atoms. The molecule has 0 heterocycles. The van der Waals surface area contributed by atoms with Gasteiger partial charge in [0.15, 0.2) is 0 Å². The quantitative estimate of drug-likeness (QED) is 0.440. The Morgan fingerprint density at radius 1 is 0.714 bits per heavy atom. The van der Waals surface area contributed by atoms with Crippen LogP contribution < -0.4 is 0 Å². The molecule has 0 saturated heterocycles. The maximum absolute atomic E-state index is 9.93. The van der Waals surface area contributed by atoms with Crippen LogP contribution in [0.15, 0.2) is 18.2 Å². The third kappa shape index (κ3) is 8.14. The van der Waals surface area contributed by atoms with Crippen LogP contribution in [0.4, 0.5) is 0 Å². The van der Waals surface area contributed by atoms with Crippen LogP contribution in [0.2, 0.25) is 0 Å². The average molecular weight is 290 g/mol. The summed E-state index contributed by atoms with van der Waals surface area (Å²) in [5.74, 6) is 0.481. The molecular formula is C20H34O. The van der Waals surface area contributed by atoms with Crippen LogP contribution in [0, 0.1) is 0 Å². The zero-order valence-corrected chi connectivity index (χ0v) is 14.2. The molecule has 0 aliphatic rings. The van der Waals surface area contributed by atoms with E-state index in [-0.39, 0.29) is 0 Å². The summed E-state index contributed by atoms with van der Waals surface area (Å²) in [6.45, 7) is 4.49. The van der Waals surface area contributed by atoms with Crippen LogP contribution in [0.3, 0.4) is 0 Å². The minimum absolute atomic E-state index is 0.481. The minimum atomic E-state index is 0.481. The van der Waals surface area contributed by atoms with E-state index in [1.165, 1.54) is 69.8 Å². The van der Waals surface area contributed by atoms with Crippen LogP contribution >= 0.6 is 0 Å². The first-order valence-electron chi connectivity index (χ1n) is 9.08. The van der Waals surface area contributed by atoms with Crippen LogP contribution in [0.1, 0.15) is 89.2 Å². The molecule has 0 saturated carbocycles. The second-order valence-corrected chi connectivity index (χ2v) is 6.29. The van der Waals surface area contributed by atoms with Gasteiger partial charge in [0, 0.05) is 0 Å². The first-order chi connectivity index (χ1) is 10.3. The highest BCUT2D eigenvalue weighted by Crippen LogP contribution is 2.22. The van der Waals surface area contributed by atoms with Gasteiger partial charge in [-0.3, -0.25) is 0 Å². The standard InChI is InChI=1S/C20H34O/c1-3-5-7-8-9-10-12-13-18-15-16-20(21)19(17-18)14-11-6-4-2/h15-17,21H,3-14H2,1-2H3. The van der Waals surface area contributed by atoms with Gasteiger partial charge in [0.2, 0.25) is 0 Å². The highest BCUT2D eigenvalue weighted by atomic mass is 16.3. The molecule has 120 valence electrons. The van der Waals surface area contributed by atoms with Crippen molar-refractivity contribution >= 4 is 0 Å². The second kappa shape index (κ2) is 11.7. The van der Waals surface area contributed by atoms with Crippen LogP contribution in [0.5, 0.6) is 5.75 Å². The monoisotopic (exact) mass is 290 g/mol. The predicted octanol–water partition coefficient (Wildman–Crippen LogP) is 6.42. The zero-order chi connectivity index (χ0) is 15.3. The van der Waals surface area contributed by atoms with Gasteiger partial charge in [-0.2, -0.15) is 0 Å². The van der Waals surface area contributed by atoms with Crippen LogP contribution in [-0.4, -0.2) is 5.11 Å². The molecule has 0 bridgehead atoms. The number of unbranched alkanes of at least 4 members (excludes halogenated alkanes) is 8. The van der Waals surface area contributed by atoms with Gasteiger partial charge in [-0.1, -0.05) is 77.3 Å². The van der Waals surface area contributed by atoms with E-state index in [2.05, 4.69) is 26.0 Å². The number of benzene rings is 1. The summed E-state index contributed by atoms with van der Waals surface area (Å²) in [6.07, 6.45) is 15.4. The number of hydrogen-bond acceptors (Lipinski definition) is 1. The number of phenols is 1. The summed E-state index contributed by atoms with van der Waals surface area (Å²) in [7, 11) is 0. The molecule has 0 radical (unpaired) electrons. The zero-order valence-electron chi connectivity index (χ0n) is 14.2. The SMILES string of the molecule is CCCCCCCCCc1ccc(O)c(CCCCC)c1. The van der Waals surface area contributed by atoms with Crippen molar-refractivity contribution in [1.29, 1.82) is 0 Å². The molecule has 0 aliphatic carbocycles. The number of hydrogen-bond donors (Lipinski definition) is 1. The Morgan fingerprint density at radius 3 is 2.00 bits per heavy atom. The van der Waals surface area contributed by atoms with Crippen molar-refractivity contribution < 1.29 is 5.11 Å². The normalized spacial score (nSPS) is 11.0. The van der Waals surface area contributed by atoms with Crippen LogP contribution in [-0.2, 0) is 12.8 Å². The second-order valence-electron chi connectivity index (χ2n) is 6.29. The van der Waals surface area contributed by atoms with E-state index in [1.807, 2.05) is 6.07 Å². The Bertz CT molecular complexity index is 370. The molecular weight excluding hydrogens is 256 g/mol. The summed E-state index contributed by atoms with van der Waals surface area (Å²) in [4.78, 5) is 0. The molecule has 21 heavy (non-hydrogen) atoms. The van der Waals surface area contributed by atoms with Crippen molar-refractivity contribution in [1.82, 2.24) is 0 Å². The Morgan fingerprint density at radius 2 is 1.29 bits per heavy atom. The molecule has 0 unspecified atom stereocenters. The van der Waals surface area contributed by atoms with Gasteiger partial charge in [0.25, 0.3) is 0 Å². The van der Waals surface area contributed by atoms with Crippen molar-refractivity contribution in [2.45, 2.75) is 90.9 Å². The Balaban J connectivity index is 2.26. The highest BCUT2D eigenvalue weighted by Gasteiger charge is 2.03. The summed E-state index contributed by atoms with van der Waals surface area (Å²) in [6, 6.07) is 6.20. The lowest BCUT2D eigenvalue weighted by Crippen LogP contribution is -1.92. The van der Waals surface area contributed by atoms with Gasteiger partial charge >= 0.3 is 0 Å². The summed E-state index contributed by atoms with van der Waals surface area (Å²) >= 11 is 0. The molecule has 0 fully saturated rings. The molecule has 0 amide bonds. The van der Waals surface area contributed by atoms with Gasteiger partial charge < -0.3 is 5.11 Å². The molecule has 1 heteroatoms. The van der Waals surface area contributed by atoms with Crippen molar-refractivity contribution in [3.63, 3.8) is 0 Å². The number of phenolic OH excluding ortho intramolecular Hbond substituents is 1. The maximum Gasteiger partial charge on any atom is 0.118 e. The molecule has 0 atom stereocenters. The fourth-order valence-corrected chi connectivity index (χ4v) is 2.85. The van der Waals surface area contributed by atoms with E-state index < -0.39 is 0 Å². The summed E-state index contributed by atoms with van der Waals surface area (Å²) < 4.78 is 0.